The Hall–Kier alpha value is -2.87. The third kappa shape index (κ3) is 3.90. The Balaban J connectivity index is 1.60. The molecular formula is C16H15N5O2S. The summed E-state index contributed by atoms with van der Waals surface area (Å²) in [7, 11) is 1.60. The number of thioether (sulfide) groups is 1. The van der Waals surface area contributed by atoms with Gasteiger partial charge in [-0.3, -0.25) is 14.3 Å². The number of rotatable bonds is 6. The van der Waals surface area contributed by atoms with Crippen LogP contribution in [-0.4, -0.2) is 38.5 Å². The van der Waals surface area contributed by atoms with Gasteiger partial charge in [0.1, 0.15) is 12.1 Å². The number of carbonyl (C=O) groups excluding carboxylic acids is 1. The molecule has 0 atom stereocenters. The summed E-state index contributed by atoms with van der Waals surface area (Å²) in [6.45, 7) is 0. The molecule has 0 aliphatic heterocycles. The molecule has 8 heteroatoms. The fraction of sp³-hybridized carbons (Fsp3) is 0.125. The van der Waals surface area contributed by atoms with E-state index in [0.29, 0.717) is 5.16 Å². The summed E-state index contributed by atoms with van der Waals surface area (Å²) in [5, 5.41) is 11.4. The Labute approximate surface area is 143 Å². The molecule has 1 amide bonds. The van der Waals surface area contributed by atoms with Gasteiger partial charge in [-0.2, -0.15) is 0 Å². The number of hydrogen-bond donors (Lipinski definition) is 1. The van der Waals surface area contributed by atoms with Crippen LogP contribution < -0.4 is 10.1 Å². The predicted octanol–water partition coefficient (Wildman–Crippen LogP) is 2.40. The minimum Gasteiger partial charge on any atom is -0.497 e. The van der Waals surface area contributed by atoms with E-state index in [-0.39, 0.29) is 11.7 Å². The van der Waals surface area contributed by atoms with Crippen LogP contribution in [0, 0.1) is 0 Å². The zero-order valence-corrected chi connectivity index (χ0v) is 13.7. The summed E-state index contributed by atoms with van der Waals surface area (Å²) in [6, 6.07) is 10.9. The fourth-order valence-electron chi connectivity index (χ4n) is 2.00. The number of benzene rings is 1. The summed E-state index contributed by atoms with van der Waals surface area (Å²) in [5.74, 6) is 0.850. The van der Waals surface area contributed by atoms with E-state index in [0.717, 1.165) is 17.1 Å². The SMILES string of the molecule is COc1ccc(NC(=O)CSc2nncn2-c2cccnc2)cc1. The van der Waals surface area contributed by atoms with Crippen molar-refractivity contribution < 1.29 is 9.53 Å². The van der Waals surface area contributed by atoms with Gasteiger partial charge in [0.05, 0.1) is 24.7 Å². The first-order chi connectivity index (χ1) is 11.8. The highest BCUT2D eigenvalue weighted by Crippen LogP contribution is 2.20. The third-order valence-electron chi connectivity index (χ3n) is 3.15. The highest BCUT2D eigenvalue weighted by molar-refractivity contribution is 7.99. The van der Waals surface area contributed by atoms with E-state index in [1.54, 1.807) is 54.7 Å². The van der Waals surface area contributed by atoms with Gasteiger partial charge in [-0.1, -0.05) is 11.8 Å². The number of ether oxygens (including phenoxy) is 1. The van der Waals surface area contributed by atoms with Gasteiger partial charge in [0.2, 0.25) is 5.91 Å². The molecule has 2 aromatic heterocycles. The number of amides is 1. The molecule has 24 heavy (non-hydrogen) atoms. The number of hydrogen-bond acceptors (Lipinski definition) is 6. The topological polar surface area (TPSA) is 81.9 Å². The largest absolute Gasteiger partial charge is 0.497 e. The van der Waals surface area contributed by atoms with Crippen molar-refractivity contribution in [2.75, 3.05) is 18.2 Å². The molecule has 0 aliphatic rings. The molecule has 1 N–H and O–H groups in total. The Bertz CT molecular complexity index is 805. The molecule has 2 heterocycles. The number of carbonyl (C=O) groups is 1. The Morgan fingerprint density at radius 3 is 2.83 bits per heavy atom. The summed E-state index contributed by atoms with van der Waals surface area (Å²) in [6.07, 6.45) is 5.01. The maximum atomic E-state index is 12.1. The molecular weight excluding hydrogens is 326 g/mol. The smallest absolute Gasteiger partial charge is 0.234 e. The first kappa shape index (κ1) is 16.0. The number of methoxy groups -OCH3 is 1. The van der Waals surface area contributed by atoms with Crippen LogP contribution in [0.25, 0.3) is 5.69 Å². The second kappa shape index (κ2) is 7.60. The van der Waals surface area contributed by atoms with Crippen LogP contribution in [0.2, 0.25) is 0 Å². The van der Waals surface area contributed by atoms with Crippen molar-refractivity contribution in [1.29, 1.82) is 0 Å². The van der Waals surface area contributed by atoms with Gasteiger partial charge in [0, 0.05) is 11.9 Å². The van der Waals surface area contributed by atoms with Crippen molar-refractivity contribution in [2.45, 2.75) is 5.16 Å². The van der Waals surface area contributed by atoms with E-state index in [2.05, 4.69) is 20.5 Å². The molecule has 0 spiro atoms. The summed E-state index contributed by atoms with van der Waals surface area (Å²) in [4.78, 5) is 16.1. The number of nitrogens with one attached hydrogen (secondary N) is 1. The molecule has 3 rings (SSSR count). The molecule has 0 bridgehead atoms. The van der Waals surface area contributed by atoms with E-state index in [9.17, 15) is 4.79 Å². The average molecular weight is 341 g/mol. The normalized spacial score (nSPS) is 10.4. The molecule has 0 saturated carbocycles. The Kier molecular flexibility index (Phi) is 5.07. The van der Waals surface area contributed by atoms with Crippen molar-refractivity contribution in [3.63, 3.8) is 0 Å². The van der Waals surface area contributed by atoms with E-state index in [4.69, 9.17) is 4.74 Å². The van der Waals surface area contributed by atoms with E-state index in [1.165, 1.54) is 11.8 Å². The zero-order valence-electron chi connectivity index (χ0n) is 12.9. The van der Waals surface area contributed by atoms with Gasteiger partial charge in [-0.15, -0.1) is 10.2 Å². The maximum absolute atomic E-state index is 12.1. The van der Waals surface area contributed by atoms with Gasteiger partial charge in [-0.25, -0.2) is 0 Å². The van der Waals surface area contributed by atoms with Crippen LogP contribution in [0.4, 0.5) is 5.69 Å². The lowest BCUT2D eigenvalue weighted by Crippen LogP contribution is -2.14. The summed E-state index contributed by atoms with van der Waals surface area (Å²) >= 11 is 1.31. The van der Waals surface area contributed by atoms with E-state index in [1.807, 2.05) is 12.1 Å². The lowest BCUT2D eigenvalue weighted by Gasteiger charge is -2.07. The van der Waals surface area contributed by atoms with Crippen molar-refractivity contribution in [1.82, 2.24) is 19.7 Å². The first-order valence-corrected chi connectivity index (χ1v) is 8.12. The Morgan fingerprint density at radius 2 is 2.12 bits per heavy atom. The molecule has 122 valence electrons. The second-order valence-corrected chi connectivity index (χ2v) is 5.70. The van der Waals surface area contributed by atoms with Gasteiger partial charge in [-0.05, 0) is 36.4 Å². The number of nitrogens with zero attached hydrogens (tertiary/aromatic N) is 4. The van der Waals surface area contributed by atoms with Crippen LogP contribution in [0.1, 0.15) is 0 Å². The first-order valence-electron chi connectivity index (χ1n) is 7.13. The van der Waals surface area contributed by atoms with Gasteiger partial charge >= 0.3 is 0 Å². The van der Waals surface area contributed by atoms with Crippen LogP contribution in [0.5, 0.6) is 5.75 Å². The molecule has 0 unspecified atom stereocenters. The highest BCUT2D eigenvalue weighted by atomic mass is 32.2. The number of pyridine rings is 1. The van der Waals surface area contributed by atoms with Crippen molar-refractivity contribution in [3.8, 4) is 11.4 Å². The maximum Gasteiger partial charge on any atom is 0.234 e. The van der Waals surface area contributed by atoms with Gasteiger partial charge in [0.15, 0.2) is 5.16 Å². The molecule has 0 saturated heterocycles. The quantitative estimate of drug-likeness (QED) is 0.693. The minimum atomic E-state index is -0.120. The van der Waals surface area contributed by atoms with Gasteiger partial charge in [0.25, 0.3) is 0 Å². The number of anilines is 1. The average Bonchev–Trinajstić information content (AvgIpc) is 3.10. The summed E-state index contributed by atoms with van der Waals surface area (Å²) in [5.41, 5.74) is 1.57. The minimum absolute atomic E-state index is 0.120. The van der Waals surface area contributed by atoms with Crippen LogP contribution >= 0.6 is 11.8 Å². The Morgan fingerprint density at radius 1 is 1.29 bits per heavy atom. The molecule has 1 aromatic carbocycles. The second-order valence-electron chi connectivity index (χ2n) is 4.76. The van der Waals surface area contributed by atoms with Crippen LogP contribution in [0.15, 0.2) is 60.3 Å². The standard InChI is InChI=1S/C16H15N5O2S/c1-23-14-6-4-12(5-7-14)19-15(22)10-24-16-20-18-11-21(16)13-3-2-8-17-9-13/h2-9,11H,10H2,1H3,(H,19,22). The molecule has 0 radical (unpaired) electrons. The molecule has 0 aliphatic carbocycles. The van der Waals surface area contributed by atoms with Crippen LogP contribution in [0.3, 0.4) is 0 Å². The van der Waals surface area contributed by atoms with E-state index >= 15 is 0 Å². The number of aromatic nitrogens is 4. The third-order valence-corrected chi connectivity index (χ3v) is 4.09. The summed E-state index contributed by atoms with van der Waals surface area (Å²) < 4.78 is 6.88. The predicted molar refractivity (Wildman–Crippen MR) is 91.5 cm³/mol. The van der Waals surface area contributed by atoms with Crippen molar-refractivity contribution >= 4 is 23.4 Å². The van der Waals surface area contributed by atoms with Crippen molar-refractivity contribution in [3.05, 3.63) is 55.1 Å². The molecule has 7 nitrogen and oxygen atoms in total. The monoisotopic (exact) mass is 341 g/mol. The van der Waals surface area contributed by atoms with Gasteiger partial charge < -0.3 is 10.1 Å². The molecule has 3 aromatic rings. The lowest BCUT2D eigenvalue weighted by atomic mass is 10.3. The lowest BCUT2D eigenvalue weighted by molar-refractivity contribution is -0.113. The highest BCUT2D eigenvalue weighted by Gasteiger charge is 2.10. The van der Waals surface area contributed by atoms with Crippen LogP contribution in [-0.2, 0) is 4.79 Å². The fourth-order valence-corrected chi connectivity index (χ4v) is 2.73. The molecule has 0 fully saturated rings. The van der Waals surface area contributed by atoms with Crippen molar-refractivity contribution in [2.24, 2.45) is 0 Å². The zero-order chi connectivity index (χ0) is 16.8. The van der Waals surface area contributed by atoms with E-state index < -0.39 is 0 Å².